The molecular formula is C22H25N5O. The van der Waals surface area contributed by atoms with E-state index < -0.39 is 0 Å². The fourth-order valence-corrected chi connectivity index (χ4v) is 3.65. The minimum atomic E-state index is -0.290. The molecule has 28 heavy (non-hydrogen) atoms. The molecule has 144 valence electrons. The van der Waals surface area contributed by atoms with Gasteiger partial charge in [-0.3, -0.25) is 4.99 Å². The molecule has 1 aliphatic heterocycles. The maximum atomic E-state index is 7.40. The highest BCUT2D eigenvalue weighted by Crippen LogP contribution is 2.50. The van der Waals surface area contributed by atoms with Gasteiger partial charge in [0.05, 0.1) is 11.5 Å². The molecule has 6 heteroatoms. The van der Waals surface area contributed by atoms with Crippen LogP contribution in [-0.2, 0) is 5.41 Å². The molecule has 0 atom stereocenters. The molecule has 1 heterocycles. The maximum Gasteiger partial charge on any atom is 0.148 e. The average molecular weight is 375 g/mol. The summed E-state index contributed by atoms with van der Waals surface area (Å²) in [7, 11) is 1.70. The highest BCUT2D eigenvalue weighted by Gasteiger charge is 2.36. The minimum Gasteiger partial charge on any atom is -0.481 e. The molecule has 0 amide bonds. The summed E-state index contributed by atoms with van der Waals surface area (Å²) in [4.78, 5) is 6.32. The predicted molar refractivity (Wildman–Crippen MR) is 113 cm³/mol. The van der Waals surface area contributed by atoms with Crippen LogP contribution in [-0.4, -0.2) is 26.0 Å². The summed E-state index contributed by atoms with van der Waals surface area (Å²) >= 11 is 0. The fourth-order valence-electron chi connectivity index (χ4n) is 3.65. The second-order valence-electron chi connectivity index (χ2n) is 7.23. The van der Waals surface area contributed by atoms with Gasteiger partial charge in [-0.05, 0) is 47.5 Å². The Morgan fingerprint density at radius 2 is 1.89 bits per heavy atom. The van der Waals surface area contributed by atoms with Gasteiger partial charge < -0.3 is 15.4 Å². The molecule has 0 saturated carbocycles. The number of nitrogens with zero attached hydrogens (tertiary/aromatic N) is 3. The Morgan fingerprint density at radius 1 is 1.21 bits per heavy atom. The standard InChI is InChI=1S/C22H25N5O/c1-5-12-28-16-7-9-20-18(14-16)22(2,3)17-13-15(26-24)6-8-19(17)27(20)11-10-21(23)25-4/h1,6-9,13-14,24H,10-12H2,2-4H3,(H2,23,25). The van der Waals surface area contributed by atoms with Crippen LogP contribution in [0.5, 0.6) is 5.75 Å². The zero-order valence-corrected chi connectivity index (χ0v) is 16.5. The normalized spacial score (nSPS) is 14.6. The Hall–Kier alpha value is -3.33. The van der Waals surface area contributed by atoms with Crippen LogP contribution in [0.15, 0.2) is 46.5 Å². The van der Waals surface area contributed by atoms with E-state index in [1.165, 1.54) is 0 Å². The molecule has 2 aromatic carbocycles. The molecule has 0 unspecified atom stereocenters. The van der Waals surface area contributed by atoms with Crippen molar-refractivity contribution >= 4 is 22.9 Å². The lowest BCUT2D eigenvalue weighted by Gasteiger charge is -2.42. The van der Waals surface area contributed by atoms with Crippen molar-refractivity contribution in [2.45, 2.75) is 25.7 Å². The number of hydrogen-bond acceptors (Lipinski definition) is 5. The van der Waals surface area contributed by atoms with E-state index in [4.69, 9.17) is 22.4 Å². The van der Waals surface area contributed by atoms with Gasteiger partial charge in [-0.15, -0.1) is 6.42 Å². The molecule has 3 rings (SSSR count). The third kappa shape index (κ3) is 3.44. The van der Waals surface area contributed by atoms with Crippen LogP contribution in [0.3, 0.4) is 0 Å². The van der Waals surface area contributed by atoms with Crippen LogP contribution in [0.25, 0.3) is 0 Å². The summed E-state index contributed by atoms with van der Waals surface area (Å²) in [6, 6.07) is 11.9. The summed E-state index contributed by atoms with van der Waals surface area (Å²) in [6.07, 6.45) is 5.98. The topological polar surface area (TPSA) is 87.1 Å². The number of anilines is 2. The summed E-state index contributed by atoms with van der Waals surface area (Å²) in [6.45, 7) is 5.26. The molecular weight excluding hydrogens is 350 g/mol. The van der Waals surface area contributed by atoms with Crippen molar-refractivity contribution in [1.82, 2.24) is 0 Å². The molecule has 6 nitrogen and oxygen atoms in total. The quantitative estimate of drug-likeness (QED) is 0.337. The summed E-state index contributed by atoms with van der Waals surface area (Å²) < 4.78 is 5.66. The number of terminal acetylenes is 1. The number of fused-ring (bicyclic) bond motifs is 2. The number of rotatable bonds is 6. The van der Waals surface area contributed by atoms with Crippen LogP contribution in [0, 0.1) is 17.9 Å². The molecule has 0 spiro atoms. The minimum absolute atomic E-state index is 0.227. The average Bonchev–Trinajstić information content (AvgIpc) is 2.71. The van der Waals surface area contributed by atoms with E-state index in [0.717, 1.165) is 28.3 Å². The monoisotopic (exact) mass is 375 g/mol. The Kier molecular flexibility index (Phi) is 5.36. The largest absolute Gasteiger partial charge is 0.481 e. The Labute approximate surface area is 165 Å². The van der Waals surface area contributed by atoms with Gasteiger partial charge in [0.2, 0.25) is 0 Å². The zero-order chi connectivity index (χ0) is 20.3. The molecule has 0 radical (unpaired) electrons. The first-order valence-corrected chi connectivity index (χ1v) is 9.13. The lowest BCUT2D eigenvalue weighted by atomic mass is 9.73. The molecule has 0 bridgehead atoms. The van der Waals surface area contributed by atoms with Crippen molar-refractivity contribution in [3.8, 4) is 18.1 Å². The maximum absolute atomic E-state index is 7.40. The van der Waals surface area contributed by atoms with Gasteiger partial charge in [-0.2, -0.15) is 5.11 Å². The SMILES string of the molecule is C#CCOc1ccc2c(c1)C(C)(C)c1cc(N=N)ccc1N2CCC(N)=NC. The second kappa shape index (κ2) is 7.73. The highest BCUT2D eigenvalue weighted by atomic mass is 16.5. The molecule has 0 saturated heterocycles. The van der Waals surface area contributed by atoms with Crippen molar-refractivity contribution in [2.24, 2.45) is 15.8 Å². The van der Waals surface area contributed by atoms with Crippen LogP contribution >= 0.6 is 0 Å². The van der Waals surface area contributed by atoms with E-state index in [0.29, 0.717) is 24.5 Å². The van der Waals surface area contributed by atoms with E-state index in [-0.39, 0.29) is 12.0 Å². The van der Waals surface area contributed by atoms with Gasteiger partial charge >= 0.3 is 0 Å². The number of nitrogens with one attached hydrogen (secondary N) is 1. The van der Waals surface area contributed by atoms with Crippen LogP contribution in [0.4, 0.5) is 17.1 Å². The van der Waals surface area contributed by atoms with Crippen molar-refractivity contribution < 1.29 is 4.74 Å². The van der Waals surface area contributed by atoms with Crippen LogP contribution in [0.2, 0.25) is 0 Å². The van der Waals surface area contributed by atoms with Gasteiger partial charge in [-0.25, -0.2) is 5.53 Å². The van der Waals surface area contributed by atoms with E-state index in [1.807, 2.05) is 30.3 Å². The first-order valence-electron chi connectivity index (χ1n) is 9.13. The van der Waals surface area contributed by atoms with Gasteiger partial charge in [-0.1, -0.05) is 19.8 Å². The third-order valence-corrected chi connectivity index (χ3v) is 5.21. The molecule has 0 aromatic heterocycles. The second-order valence-corrected chi connectivity index (χ2v) is 7.23. The number of aliphatic imine (C=N–C) groups is 1. The zero-order valence-electron chi connectivity index (χ0n) is 16.5. The lowest BCUT2D eigenvalue weighted by molar-refractivity contribution is 0.369. The number of ether oxygens (including phenoxy) is 1. The molecule has 0 fully saturated rings. The number of amidine groups is 1. The Bertz CT molecular complexity index is 971. The van der Waals surface area contributed by atoms with Gasteiger partial charge in [0.25, 0.3) is 0 Å². The Balaban J connectivity index is 2.14. The van der Waals surface area contributed by atoms with Crippen molar-refractivity contribution in [1.29, 1.82) is 5.53 Å². The van der Waals surface area contributed by atoms with Crippen LogP contribution in [0.1, 0.15) is 31.4 Å². The van der Waals surface area contributed by atoms with E-state index in [2.05, 4.69) is 40.8 Å². The number of hydrogen-bond donors (Lipinski definition) is 2. The third-order valence-electron chi connectivity index (χ3n) is 5.21. The summed E-state index contributed by atoms with van der Waals surface area (Å²) in [5.41, 5.74) is 18.1. The molecule has 0 aliphatic carbocycles. The smallest absolute Gasteiger partial charge is 0.148 e. The van der Waals surface area contributed by atoms with Crippen molar-refractivity contribution in [3.63, 3.8) is 0 Å². The predicted octanol–water partition coefficient (Wildman–Crippen LogP) is 4.52. The van der Waals surface area contributed by atoms with E-state index in [9.17, 15) is 0 Å². The van der Waals surface area contributed by atoms with Crippen LogP contribution < -0.4 is 15.4 Å². The number of benzene rings is 2. The van der Waals surface area contributed by atoms with Gasteiger partial charge in [0.1, 0.15) is 12.4 Å². The van der Waals surface area contributed by atoms with E-state index in [1.54, 1.807) is 7.05 Å². The van der Waals surface area contributed by atoms with Gasteiger partial charge in [0, 0.05) is 36.8 Å². The first kappa shape index (κ1) is 19.4. The first-order chi connectivity index (χ1) is 13.4. The van der Waals surface area contributed by atoms with E-state index >= 15 is 0 Å². The summed E-state index contributed by atoms with van der Waals surface area (Å²) in [5, 5.41) is 3.62. The van der Waals surface area contributed by atoms with Gasteiger partial charge in [0.15, 0.2) is 0 Å². The summed E-state index contributed by atoms with van der Waals surface area (Å²) in [5.74, 6) is 3.85. The molecule has 2 aromatic rings. The number of nitrogens with two attached hydrogens (primary N) is 1. The Morgan fingerprint density at radius 3 is 2.54 bits per heavy atom. The van der Waals surface area contributed by atoms with Crippen molar-refractivity contribution in [2.75, 3.05) is 25.1 Å². The van der Waals surface area contributed by atoms with Crippen molar-refractivity contribution in [3.05, 3.63) is 47.5 Å². The highest BCUT2D eigenvalue weighted by molar-refractivity contribution is 5.83. The lowest BCUT2D eigenvalue weighted by Crippen LogP contribution is -2.34. The fraction of sp³-hybridized carbons (Fsp3) is 0.318. The molecule has 1 aliphatic rings. The molecule has 3 N–H and O–H groups in total.